The molecule has 0 saturated carbocycles. The predicted molar refractivity (Wildman–Crippen MR) is 128 cm³/mol. The maximum absolute atomic E-state index is 5.32. The molecule has 0 unspecified atom stereocenters. The number of ether oxygens (including phenoxy) is 4. The van der Waals surface area contributed by atoms with E-state index in [0.717, 1.165) is 12.5 Å². The van der Waals surface area contributed by atoms with E-state index in [1.54, 1.807) is 0 Å². The van der Waals surface area contributed by atoms with Crippen molar-refractivity contribution in [2.24, 2.45) is 11.3 Å². The molecular formula is C25H56O4. The van der Waals surface area contributed by atoms with E-state index < -0.39 is 0 Å². The molecule has 0 spiro atoms. The van der Waals surface area contributed by atoms with Crippen LogP contribution in [0.4, 0.5) is 0 Å². The normalized spacial score (nSPS) is 12.0. The van der Waals surface area contributed by atoms with Crippen molar-refractivity contribution in [2.75, 3.05) is 26.6 Å². The summed E-state index contributed by atoms with van der Waals surface area (Å²) in [4.78, 5) is 0. The van der Waals surface area contributed by atoms with E-state index in [2.05, 4.69) is 34.6 Å². The van der Waals surface area contributed by atoms with Gasteiger partial charge in [0.25, 0.3) is 0 Å². The van der Waals surface area contributed by atoms with Crippen LogP contribution in [0, 0.1) is 11.3 Å². The molecule has 0 aliphatic carbocycles. The van der Waals surface area contributed by atoms with Crippen LogP contribution >= 0.6 is 0 Å². The van der Waals surface area contributed by atoms with Crippen molar-refractivity contribution in [3.8, 4) is 0 Å². The minimum atomic E-state index is -0.0884. The molecule has 0 bridgehead atoms. The zero-order chi connectivity index (χ0) is 23.5. The van der Waals surface area contributed by atoms with E-state index in [9.17, 15) is 0 Å². The first-order chi connectivity index (χ1) is 13.1. The summed E-state index contributed by atoms with van der Waals surface area (Å²) in [5, 5.41) is 0. The quantitative estimate of drug-likeness (QED) is 0.256. The molecule has 0 aromatic rings. The van der Waals surface area contributed by atoms with Crippen LogP contribution in [0.3, 0.4) is 0 Å². The molecule has 29 heavy (non-hydrogen) atoms. The van der Waals surface area contributed by atoms with Gasteiger partial charge in [0.1, 0.15) is 6.79 Å². The van der Waals surface area contributed by atoms with Crippen LogP contribution in [-0.4, -0.2) is 44.4 Å². The summed E-state index contributed by atoms with van der Waals surface area (Å²) in [6.07, 6.45) is 4.72. The van der Waals surface area contributed by atoms with E-state index in [4.69, 9.17) is 18.9 Å². The van der Waals surface area contributed by atoms with Crippen LogP contribution in [0.25, 0.3) is 0 Å². The van der Waals surface area contributed by atoms with Gasteiger partial charge in [0.15, 0.2) is 0 Å². The van der Waals surface area contributed by atoms with Gasteiger partial charge in [-0.2, -0.15) is 0 Å². The molecule has 4 nitrogen and oxygen atoms in total. The second kappa shape index (κ2) is 19.8. The van der Waals surface area contributed by atoms with Gasteiger partial charge >= 0.3 is 0 Å². The molecule has 0 heterocycles. The number of hydrogen-bond donors (Lipinski definition) is 0. The van der Waals surface area contributed by atoms with Crippen molar-refractivity contribution in [3.63, 3.8) is 0 Å². The van der Waals surface area contributed by atoms with Crippen LogP contribution in [0.15, 0.2) is 0 Å². The van der Waals surface area contributed by atoms with Crippen LogP contribution < -0.4 is 0 Å². The van der Waals surface area contributed by atoms with Gasteiger partial charge in [-0.1, -0.05) is 47.5 Å². The smallest absolute Gasteiger partial charge is 0.147 e. The van der Waals surface area contributed by atoms with Crippen LogP contribution in [0.1, 0.15) is 109 Å². The molecular weight excluding hydrogens is 364 g/mol. The third-order valence-electron chi connectivity index (χ3n) is 3.48. The summed E-state index contributed by atoms with van der Waals surface area (Å²) in [6, 6.07) is 0. The van der Waals surface area contributed by atoms with Gasteiger partial charge in [-0.05, 0) is 73.1 Å². The fraction of sp³-hybridized carbons (Fsp3) is 1.00. The third kappa shape index (κ3) is 47.2. The number of hydrogen-bond acceptors (Lipinski definition) is 4. The molecule has 0 radical (unpaired) electrons. The largest absolute Gasteiger partial charge is 0.379 e. The topological polar surface area (TPSA) is 36.9 Å². The molecule has 180 valence electrons. The SMILES string of the molecule is CC(C)CCCC(C)(C)C.CC(C)OCOC(C)(C)C.CCOCCOC(C)C. The zero-order valence-electron chi connectivity index (χ0n) is 22.3. The van der Waals surface area contributed by atoms with Gasteiger partial charge in [-0.3, -0.25) is 0 Å². The maximum atomic E-state index is 5.32. The maximum Gasteiger partial charge on any atom is 0.147 e. The Labute approximate surface area is 184 Å². The molecule has 0 atom stereocenters. The van der Waals surface area contributed by atoms with E-state index in [0.29, 0.717) is 31.5 Å². The van der Waals surface area contributed by atoms with Crippen molar-refractivity contribution in [1.82, 2.24) is 0 Å². The summed E-state index contributed by atoms with van der Waals surface area (Å²) >= 11 is 0. The second-order valence-corrected chi connectivity index (χ2v) is 10.6. The lowest BCUT2D eigenvalue weighted by molar-refractivity contribution is -0.135. The average Bonchev–Trinajstić information content (AvgIpc) is 2.49. The monoisotopic (exact) mass is 420 g/mol. The molecule has 0 aromatic carbocycles. The van der Waals surface area contributed by atoms with Crippen molar-refractivity contribution < 1.29 is 18.9 Å². The number of rotatable bonds is 11. The van der Waals surface area contributed by atoms with Crippen molar-refractivity contribution >= 4 is 0 Å². The molecule has 0 amide bonds. The van der Waals surface area contributed by atoms with Gasteiger partial charge in [0, 0.05) is 6.61 Å². The highest BCUT2D eigenvalue weighted by molar-refractivity contribution is 4.61. The van der Waals surface area contributed by atoms with Gasteiger partial charge in [0.05, 0.1) is 31.0 Å². The van der Waals surface area contributed by atoms with E-state index in [1.807, 2.05) is 55.4 Å². The van der Waals surface area contributed by atoms with E-state index >= 15 is 0 Å². The first-order valence-electron chi connectivity index (χ1n) is 11.6. The second-order valence-electron chi connectivity index (χ2n) is 10.6. The lowest BCUT2D eigenvalue weighted by atomic mass is 9.88. The molecule has 0 rings (SSSR count). The first-order valence-corrected chi connectivity index (χ1v) is 11.6. The van der Waals surface area contributed by atoms with Crippen LogP contribution in [0.2, 0.25) is 0 Å². The molecule has 0 aromatic heterocycles. The van der Waals surface area contributed by atoms with Gasteiger partial charge in [-0.15, -0.1) is 0 Å². The first kappa shape index (κ1) is 33.5. The predicted octanol–water partition coefficient (Wildman–Crippen LogP) is 7.49. The van der Waals surface area contributed by atoms with Crippen molar-refractivity contribution in [2.45, 2.75) is 127 Å². The Kier molecular flexibility index (Phi) is 22.8. The molecule has 0 N–H and O–H groups in total. The lowest BCUT2D eigenvalue weighted by Crippen LogP contribution is -2.22. The Bertz CT molecular complexity index is 288. The molecule has 0 saturated heterocycles. The summed E-state index contributed by atoms with van der Waals surface area (Å²) in [7, 11) is 0. The summed E-state index contributed by atoms with van der Waals surface area (Å²) in [5.41, 5.74) is 0.448. The van der Waals surface area contributed by atoms with Crippen molar-refractivity contribution in [3.05, 3.63) is 0 Å². The third-order valence-corrected chi connectivity index (χ3v) is 3.48. The van der Waals surface area contributed by atoms with E-state index in [1.165, 1.54) is 19.3 Å². The van der Waals surface area contributed by atoms with Gasteiger partial charge in [-0.25, -0.2) is 0 Å². The molecule has 0 aliphatic rings. The summed E-state index contributed by atoms with van der Waals surface area (Å²) in [6.45, 7) is 30.2. The van der Waals surface area contributed by atoms with E-state index in [-0.39, 0.29) is 11.7 Å². The summed E-state index contributed by atoms with van der Waals surface area (Å²) < 4.78 is 20.8. The Morgan fingerprint density at radius 1 is 0.724 bits per heavy atom. The van der Waals surface area contributed by atoms with Crippen LogP contribution in [0.5, 0.6) is 0 Å². The fourth-order valence-corrected chi connectivity index (χ4v) is 1.87. The Morgan fingerprint density at radius 2 is 1.24 bits per heavy atom. The Hall–Kier alpha value is -0.160. The minimum Gasteiger partial charge on any atom is -0.379 e. The van der Waals surface area contributed by atoms with Crippen LogP contribution in [-0.2, 0) is 18.9 Å². The van der Waals surface area contributed by atoms with Crippen molar-refractivity contribution in [1.29, 1.82) is 0 Å². The molecule has 4 heteroatoms. The van der Waals surface area contributed by atoms with Gasteiger partial charge in [0.2, 0.25) is 0 Å². The standard InChI is InChI=1S/C10H22.C8H18O2.C7H16O2/c1-9(2)7-6-8-10(3,4)5;1-7(2)9-6-10-8(3,4)5;1-4-8-5-6-9-7(2)3/h9H,6-8H2,1-5H3;7H,6H2,1-5H3;7H,4-6H2,1-3H3. The zero-order valence-corrected chi connectivity index (χ0v) is 22.3. The highest BCUT2D eigenvalue weighted by Gasteiger charge is 2.10. The lowest BCUT2D eigenvalue weighted by Gasteiger charge is -2.20. The Balaban J connectivity index is -0.000000350. The average molecular weight is 421 g/mol. The molecule has 0 fully saturated rings. The summed E-state index contributed by atoms with van der Waals surface area (Å²) in [5.74, 6) is 0.877. The highest BCUT2D eigenvalue weighted by atomic mass is 16.7. The van der Waals surface area contributed by atoms with Gasteiger partial charge < -0.3 is 18.9 Å². The minimum absolute atomic E-state index is 0.0884. The Morgan fingerprint density at radius 3 is 1.59 bits per heavy atom. The fourth-order valence-electron chi connectivity index (χ4n) is 1.87. The molecule has 0 aliphatic heterocycles. The highest BCUT2D eigenvalue weighted by Crippen LogP contribution is 2.22.